The van der Waals surface area contributed by atoms with Gasteiger partial charge in [0.15, 0.2) is 5.79 Å². The maximum Gasteiger partial charge on any atom is 0.164 e. The maximum atomic E-state index is 6.27. The Morgan fingerprint density at radius 1 is 1.12 bits per heavy atom. The first kappa shape index (κ1) is 18.2. The van der Waals surface area contributed by atoms with E-state index in [9.17, 15) is 0 Å². The summed E-state index contributed by atoms with van der Waals surface area (Å²) in [5.41, 5.74) is -0.0970. The maximum absolute atomic E-state index is 6.27. The molecule has 4 nitrogen and oxygen atoms in total. The lowest BCUT2D eigenvalue weighted by Crippen LogP contribution is -2.55. The number of ether oxygens (including phenoxy) is 4. The highest BCUT2D eigenvalue weighted by Gasteiger charge is 2.54. The zero-order chi connectivity index (χ0) is 17.2. The van der Waals surface area contributed by atoms with Crippen molar-refractivity contribution in [2.75, 3.05) is 6.61 Å². The molecule has 1 aromatic rings. The number of benzene rings is 1. The molecular formula is C19H28O4S. The SMILES string of the molecule is CCCCO[C@@H]1[C@H]2OC(C)(C)O[C@H]2[C@H](Sc2ccccc2)O[C@H]1C. The van der Waals surface area contributed by atoms with Crippen LogP contribution in [0.1, 0.15) is 40.5 Å². The van der Waals surface area contributed by atoms with Gasteiger partial charge in [0, 0.05) is 11.5 Å². The predicted molar refractivity (Wildman–Crippen MR) is 95.1 cm³/mol. The molecule has 5 atom stereocenters. The Labute approximate surface area is 149 Å². The zero-order valence-electron chi connectivity index (χ0n) is 14.9. The smallest absolute Gasteiger partial charge is 0.164 e. The summed E-state index contributed by atoms with van der Waals surface area (Å²) in [6.45, 7) is 8.89. The molecule has 0 bridgehead atoms. The molecule has 2 aliphatic rings. The molecule has 3 rings (SSSR count). The highest BCUT2D eigenvalue weighted by Crippen LogP contribution is 2.43. The minimum absolute atomic E-state index is 0.0261. The summed E-state index contributed by atoms with van der Waals surface area (Å²) >= 11 is 1.69. The normalized spacial score (nSPS) is 34.9. The van der Waals surface area contributed by atoms with Crippen LogP contribution in [-0.4, -0.2) is 42.2 Å². The minimum atomic E-state index is -0.607. The molecule has 5 heteroatoms. The molecule has 0 aliphatic carbocycles. The van der Waals surface area contributed by atoms with Gasteiger partial charge in [-0.25, -0.2) is 0 Å². The van der Waals surface area contributed by atoms with Crippen molar-refractivity contribution in [1.82, 2.24) is 0 Å². The lowest BCUT2D eigenvalue weighted by molar-refractivity contribution is -0.179. The van der Waals surface area contributed by atoms with E-state index in [2.05, 4.69) is 26.0 Å². The molecule has 0 unspecified atom stereocenters. The predicted octanol–water partition coefficient (Wildman–Crippen LogP) is 4.23. The Balaban J connectivity index is 1.74. The van der Waals surface area contributed by atoms with Crippen molar-refractivity contribution in [3.8, 4) is 0 Å². The van der Waals surface area contributed by atoms with E-state index in [-0.39, 0.29) is 29.9 Å². The van der Waals surface area contributed by atoms with E-state index in [1.165, 1.54) is 4.90 Å². The Morgan fingerprint density at radius 2 is 1.83 bits per heavy atom. The summed E-state index contributed by atoms with van der Waals surface area (Å²) in [4.78, 5) is 1.17. The van der Waals surface area contributed by atoms with E-state index in [1.54, 1.807) is 11.8 Å². The molecule has 0 spiro atoms. The van der Waals surface area contributed by atoms with Crippen molar-refractivity contribution in [2.24, 2.45) is 0 Å². The van der Waals surface area contributed by atoms with E-state index in [0.717, 1.165) is 19.4 Å². The van der Waals surface area contributed by atoms with Crippen molar-refractivity contribution >= 4 is 11.8 Å². The van der Waals surface area contributed by atoms with Crippen LogP contribution < -0.4 is 0 Å². The molecular weight excluding hydrogens is 324 g/mol. The van der Waals surface area contributed by atoms with Gasteiger partial charge in [0.1, 0.15) is 23.7 Å². The Morgan fingerprint density at radius 3 is 2.54 bits per heavy atom. The highest BCUT2D eigenvalue weighted by atomic mass is 32.2. The fraction of sp³-hybridized carbons (Fsp3) is 0.684. The lowest BCUT2D eigenvalue weighted by Gasteiger charge is -2.40. The van der Waals surface area contributed by atoms with Crippen LogP contribution in [0.15, 0.2) is 35.2 Å². The topological polar surface area (TPSA) is 36.9 Å². The molecule has 2 aliphatic heterocycles. The van der Waals surface area contributed by atoms with E-state index < -0.39 is 5.79 Å². The lowest BCUT2D eigenvalue weighted by atomic mass is 10.0. The monoisotopic (exact) mass is 352 g/mol. The number of rotatable bonds is 6. The largest absolute Gasteiger partial charge is 0.373 e. The molecule has 0 N–H and O–H groups in total. The molecule has 2 saturated heterocycles. The quantitative estimate of drug-likeness (QED) is 0.716. The fourth-order valence-electron chi connectivity index (χ4n) is 3.24. The first-order valence-corrected chi connectivity index (χ1v) is 9.72. The summed E-state index contributed by atoms with van der Waals surface area (Å²) in [6.07, 6.45) is 1.82. The standard InChI is InChI=1S/C19H28O4S/c1-5-6-12-20-15-13(2)21-18(24-14-10-8-7-9-11-14)17-16(15)22-19(3,4)23-17/h7-11,13,15-18H,5-6,12H2,1-4H3/t13-,15-,16+,17+,18-/m0/s1. The van der Waals surface area contributed by atoms with Gasteiger partial charge in [-0.1, -0.05) is 43.3 Å². The fourth-order valence-corrected chi connectivity index (χ4v) is 4.40. The zero-order valence-corrected chi connectivity index (χ0v) is 15.8. The van der Waals surface area contributed by atoms with Crippen LogP contribution in [0.4, 0.5) is 0 Å². The average molecular weight is 352 g/mol. The summed E-state index contributed by atoms with van der Waals surface area (Å²) in [5, 5.41) is 0. The van der Waals surface area contributed by atoms with Crippen LogP contribution in [0.5, 0.6) is 0 Å². The van der Waals surface area contributed by atoms with E-state index in [4.69, 9.17) is 18.9 Å². The summed E-state index contributed by atoms with van der Waals surface area (Å²) in [7, 11) is 0. The van der Waals surface area contributed by atoms with E-state index >= 15 is 0 Å². The number of thioether (sulfide) groups is 1. The summed E-state index contributed by atoms with van der Waals surface area (Å²) in [6, 6.07) is 10.3. The summed E-state index contributed by atoms with van der Waals surface area (Å²) < 4.78 is 24.7. The van der Waals surface area contributed by atoms with Gasteiger partial charge >= 0.3 is 0 Å². The van der Waals surface area contributed by atoms with Crippen LogP contribution in [0.25, 0.3) is 0 Å². The summed E-state index contributed by atoms with van der Waals surface area (Å²) in [5.74, 6) is -0.607. The Kier molecular flexibility index (Phi) is 5.88. The Bertz CT molecular complexity index is 521. The molecule has 134 valence electrons. The van der Waals surface area contributed by atoms with E-state index in [1.807, 2.05) is 32.0 Å². The van der Waals surface area contributed by atoms with Gasteiger partial charge in [0.2, 0.25) is 0 Å². The third-order valence-corrected chi connectivity index (χ3v) is 5.53. The number of fused-ring (bicyclic) bond motifs is 1. The number of hydrogen-bond acceptors (Lipinski definition) is 5. The third-order valence-electron chi connectivity index (χ3n) is 4.37. The van der Waals surface area contributed by atoms with Crippen LogP contribution in [0, 0.1) is 0 Å². The Hall–Kier alpha value is -0.590. The number of hydrogen-bond donors (Lipinski definition) is 0. The minimum Gasteiger partial charge on any atom is -0.373 e. The van der Waals surface area contributed by atoms with Crippen molar-refractivity contribution in [2.45, 2.75) is 81.1 Å². The molecule has 1 aromatic carbocycles. The molecule has 2 heterocycles. The van der Waals surface area contributed by atoms with Gasteiger partial charge in [-0.3, -0.25) is 0 Å². The second-order valence-corrected chi connectivity index (χ2v) is 8.07. The van der Waals surface area contributed by atoms with Gasteiger partial charge in [0.05, 0.1) is 6.10 Å². The molecule has 0 amide bonds. The highest BCUT2D eigenvalue weighted by molar-refractivity contribution is 7.99. The molecule has 0 saturated carbocycles. The molecule has 2 fully saturated rings. The third kappa shape index (κ3) is 4.14. The first-order chi connectivity index (χ1) is 11.5. The molecule has 24 heavy (non-hydrogen) atoms. The second-order valence-electron chi connectivity index (χ2n) is 6.89. The molecule has 0 radical (unpaired) electrons. The van der Waals surface area contributed by atoms with Crippen molar-refractivity contribution in [3.05, 3.63) is 30.3 Å². The molecule has 0 aromatic heterocycles. The van der Waals surface area contributed by atoms with Crippen LogP contribution in [0.3, 0.4) is 0 Å². The van der Waals surface area contributed by atoms with Gasteiger partial charge in [-0.05, 0) is 39.3 Å². The van der Waals surface area contributed by atoms with Crippen molar-refractivity contribution in [1.29, 1.82) is 0 Å². The van der Waals surface area contributed by atoms with Gasteiger partial charge in [0.25, 0.3) is 0 Å². The van der Waals surface area contributed by atoms with Gasteiger partial charge in [-0.15, -0.1) is 0 Å². The van der Waals surface area contributed by atoms with Gasteiger partial charge in [-0.2, -0.15) is 0 Å². The first-order valence-electron chi connectivity index (χ1n) is 8.84. The van der Waals surface area contributed by atoms with Crippen LogP contribution in [-0.2, 0) is 18.9 Å². The van der Waals surface area contributed by atoms with Gasteiger partial charge < -0.3 is 18.9 Å². The van der Waals surface area contributed by atoms with Crippen molar-refractivity contribution < 1.29 is 18.9 Å². The van der Waals surface area contributed by atoms with E-state index in [0.29, 0.717) is 0 Å². The van der Waals surface area contributed by atoms with Crippen molar-refractivity contribution in [3.63, 3.8) is 0 Å². The number of unbranched alkanes of at least 4 members (excludes halogenated alkanes) is 1. The van der Waals surface area contributed by atoms with Crippen LogP contribution in [0.2, 0.25) is 0 Å². The van der Waals surface area contributed by atoms with Crippen LogP contribution >= 0.6 is 11.8 Å². The average Bonchev–Trinajstić information content (AvgIpc) is 2.87. The second kappa shape index (κ2) is 7.75.